The lowest BCUT2D eigenvalue weighted by molar-refractivity contribution is 0.0454. The van der Waals surface area contributed by atoms with Crippen LogP contribution in [0.1, 0.15) is 28.8 Å². The number of nitrogens with zero attached hydrogens (tertiary/aromatic N) is 2. The molecule has 1 aromatic carbocycles. The fraction of sp³-hybridized carbons (Fsp3) is 0.500. The maximum Gasteiger partial charge on any atom is 0.259 e. The number of rotatable bonds is 6. The predicted octanol–water partition coefficient (Wildman–Crippen LogP) is 1.83. The molecule has 0 unspecified atom stereocenters. The molecule has 3 heterocycles. The van der Waals surface area contributed by atoms with Crippen LogP contribution < -0.4 is 5.43 Å². The minimum atomic E-state index is -0.231. The SMILES string of the molecule is COCCN(C[C@@H]1CCCO1)C(=O)c1cn2c3c(cccc3c1=O)CC2. The summed E-state index contributed by atoms with van der Waals surface area (Å²) in [4.78, 5) is 27.9. The lowest BCUT2D eigenvalue weighted by atomic mass is 10.1. The van der Waals surface area contributed by atoms with Gasteiger partial charge in [0.25, 0.3) is 5.91 Å². The van der Waals surface area contributed by atoms with Crippen LogP contribution in [0.25, 0.3) is 10.9 Å². The molecule has 2 aliphatic heterocycles. The summed E-state index contributed by atoms with van der Waals surface area (Å²) in [6.45, 7) is 2.93. The fourth-order valence-corrected chi connectivity index (χ4v) is 3.99. The van der Waals surface area contributed by atoms with Gasteiger partial charge in [0, 0.05) is 44.9 Å². The second-order valence-electron chi connectivity index (χ2n) is 7.01. The summed E-state index contributed by atoms with van der Waals surface area (Å²) in [6.07, 6.45) is 4.64. The number of para-hydroxylation sites is 1. The largest absolute Gasteiger partial charge is 0.383 e. The molecule has 0 N–H and O–H groups in total. The highest BCUT2D eigenvalue weighted by Gasteiger charge is 2.27. The number of aromatic nitrogens is 1. The van der Waals surface area contributed by atoms with Gasteiger partial charge in [-0.1, -0.05) is 12.1 Å². The molecule has 0 spiro atoms. The predicted molar refractivity (Wildman–Crippen MR) is 98.7 cm³/mol. The van der Waals surface area contributed by atoms with Gasteiger partial charge in [0.1, 0.15) is 5.56 Å². The first-order chi connectivity index (χ1) is 12.7. The first-order valence-electron chi connectivity index (χ1n) is 9.24. The molecule has 1 amide bonds. The molecular formula is C20H24N2O4. The van der Waals surface area contributed by atoms with Gasteiger partial charge in [0.15, 0.2) is 0 Å². The summed E-state index contributed by atoms with van der Waals surface area (Å²) >= 11 is 0. The summed E-state index contributed by atoms with van der Waals surface area (Å²) in [5.74, 6) is -0.231. The molecule has 6 heteroatoms. The van der Waals surface area contributed by atoms with E-state index >= 15 is 0 Å². The number of benzene rings is 1. The monoisotopic (exact) mass is 356 g/mol. The Morgan fingerprint density at radius 3 is 3.08 bits per heavy atom. The topological polar surface area (TPSA) is 60.8 Å². The van der Waals surface area contributed by atoms with Gasteiger partial charge in [0.05, 0.1) is 18.2 Å². The van der Waals surface area contributed by atoms with Crippen LogP contribution in [0, 0.1) is 0 Å². The van der Waals surface area contributed by atoms with Gasteiger partial charge in [-0.05, 0) is 30.9 Å². The van der Waals surface area contributed by atoms with E-state index in [1.165, 1.54) is 5.56 Å². The standard InChI is InChI=1S/C20H24N2O4/c1-25-11-9-22(12-15-5-3-10-26-15)20(24)17-13-21-8-7-14-4-2-6-16(18(14)21)19(17)23/h2,4,6,13,15H,3,5,7-12H2,1H3/t15-/m0/s1. The lowest BCUT2D eigenvalue weighted by Crippen LogP contribution is -2.41. The molecule has 2 aromatic rings. The average molecular weight is 356 g/mol. The van der Waals surface area contributed by atoms with E-state index < -0.39 is 0 Å². The quantitative estimate of drug-likeness (QED) is 0.792. The number of carbonyl (C=O) groups excluding carboxylic acids is 1. The van der Waals surface area contributed by atoms with Gasteiger partial charge < -0.3 is 18.9 Å². The third-order valence-corrected chi connectivity index (χ3v) is 5.33. The first-order valence-corrected chi connectivity index (χ1v) is 9.24. The van der Waals surface area contributed by atoms with Gasteiger partial charge in [0.2, 0.25) is 5.43 Å². The molecule has 6 nitrogen and oxygen atoms in total. The van der Waals surface area contributed by atoms with Crippen molar-refractivity contribution >= 4 is 16.8 Å². The number of amides is 1. The highest BCUT2D eigenvalue weighted by atomic mass is 16.5. The Balaban J connectivity index is 1.69. The number of carbonyl (C=O) groups is 1. The van der Waals surface area contributed by atoms with Crippen LogP contribution in [0.2, 0.25) is 0 Å². The summed E-state index contributed by atoms with van der Waals surface area (Å²) in [7, 11) is 1.61. The van der Waals surface area contributed by atoms with Crippen LogP contribution >= 0.6 is 0 Å². The van der Waals surface area contributed by atoms with Crippen LogP contribution in [-0.2, 0) is 22.4 Å². The molecule has 1 saturated heterocycles. The Labute approximate surface area is 152 Å². The molecule has 0 saturated carbocycles. The Hall–Kier alpha value is -2.18. The number of aryl methyl sites for hydroxylation is 2. The minimum Gasteiger partial charge on any atom is -0.383 e. The second kappa shape index (κ2) is 7.21. The van der Waals surface area contributed by atoms with Crippen LogP contribution in [0.15, 0.2) is 29.2 Å². The fourth-order valence-electron chi connectivity index (χ4n) is 3.99. The molecule has 1 aromatic heterocycles. The van der Waals surface area contributed by atoms with Crippen molar-refractivity contribution in [2.45, 2.75) is 31.9 Å². The van der Waals surface area contributed by atoms with Gasteiger partial charge in [-0.15, -0.1) is 0 Å². The third-order valence-electron chi connectivity index (χ3n) is 5.33. The van der Waals surface area contributed by atoms with Gasteiger partial charge in [-0.2, -0.15) is 0 Å². The molecular weight excluding hydrogens is 332 g/mol. The normalized spacial score (nSPS) is 18.6. The number of pyridine rings is 1. The molecule has 0 radical (unpaired) electrons. The maximum absolute atomic E-state index is 13.2. The molecule has 138 valence electrons. The molecule has 26 heavy (non-hydrogen) atoms. The van der Waals surface area contributed by atoms with E-state index in [4.69, 9.17) is 9.47 Å². The van der Waals surface area contributed by atoms with Gasteiger partial charge in [-0.3, -0.25) is 9.59 Å². The van der Waals surface area contributed by atoms with Crippen LogP contribution in [-0.4, -0.2) is 54.9 Å². The zero-order valence-corrected chi connectivity index (χ0v) is 15.1. The zero-order valence-electron chi connectivity index (χ0n) is 15.1. The van der Waals surface area contributed by atoms with Gasteiger partial charge >= 0.3 is 0 Å². The smallest absolute Gasteiger partial charge is 0.259 e. The van der Waals surface area contributed by atoms with Gasteiger partial charge in [-0.25, -0.2) is 0 Å². The van der Waals surface area contributed by atoms with Crippen LogP contribution in [0.3, 0.4) is 0 Å². The van der Waals surface area contributed by atoms with E-state index in [1.807, 2.05) is 16.7 Å². The summed E-state index contributed by atoms with van der Waals surface area (Å²) in [5, 5.41) is 0.634. The number of hydrogen-bond donors (Lipinski definition) is 0. The Kier molecular flexibility index (Phi) is 4.78. The molecule has 4 rings (SSSR count). The highest BCUT2D eigenvalue weighted by molar-refractivity contribution is 5.98. The van der Waals surface area contributed by atoms with Crippen molar-refractivity contribution in [3.63, 3.8) is 0 Å². The molecule has 1 fully saturated rings. The third kappa shape index (κ3) is 3.04. The maximum atomic E-state index is 13.2. The summed E-state index contributed by atoms with van der Waals surface area (Å²) < 4.78 is 12.9. The van der Waals surface area contributed by atoms with E-state index in [2.05, 4.69) is 6.07 Å². The summed E-state index contributed by atoms with van der Waals surface area (Å²) in [6, 6.07) is 5.77. The van der Waals surface area contributed by atoms with E-state index in [-0.39, 0.29) is 23.0 Å². The Morgan fingerprint density at radius 2 is 2.31 bits per heavy atom. The van der Waals surface area contributed by atoms with E-state index in [9.17, 15) is 9.59 Å². The molecule has 1 atom stereocenters. The highest BCUT2D eigenvalue weighted by Crippen LogP contribution is 2.24. The first kappa shape index (κ1) is 17.2. The van der Waals surface area contributed by atoms with Crippen molar-refractivity contribution in [1.29, 1.82) is 0 Å². The molecule has 0 bridgehead atoms. The van der Waals surface area contributed by atoms with Crippen molar-refractivity contribution in [3.8, 4) is 0 Å². The van der Waals surface area contributed by atoms with Crippen LogP contribution in [0.4, 0.5) is 0 Å². The van der Waals surface area contributed by atoms with Crippen molar-refractivity contribution in [2.24, 2.45) is 0 Å². The lowest BCUT2D eigenvalue weighted by Gasteiger charge is -2.25. The van der Waals surface area contributed by atoms with Crippen molar-refractivity contribution in [2.75, 3.05) is 33.4 Å². The van der Waals surface area contributed by atoms with Crippen molar-refractivity contribution < 1.29 is 14.3 Å². The number of hydrogen-bond acceptors (Lipinski definition) is 4. The minimum absolute atomic E-state index is 0.0424. The number of methoxy groups -OCH3 is 1. The second-order valence-corrected chi connectivity index (χ2v) is 7.01. The van der Waals surface area contributed by atoms with E-state index in [0.717, 1.165) is 37.9 Å². The van der Waals surface area contributed by atoms with E-state index in [1.54, 1.807) is 18.2 Å². The van der Waals surface area contributed by atoms with Crippen molar-refractivity contribution in [3.05, 3.63) is 45.7 Å². The molecule has 0 aliphatic carbocycles. The van der Waals surface area contributed by atoms with Crippen molar-refractivity contribution in [1.82, 2.24) is 9.47 Å². The van der Waals surface area contributed by atoms with E-state index in [0.29, 0.717) is 25.1 Å². The number of ether oxygens (including phenoxy) is 2. The summed E-state index contributed by atoms with van der Waals surface area (Å²) in [5.41, 5.74) is 2.20. The molecule has 2 aliphatic rings. The Morgan fingerprint density at radius 1 is 1.42 bits per heavy atom. The zero-order chi connectivity index (χ0) is 18.1. The van der Waals surface area contributed by atoms with Crippen LogP contribution in [0.5, 0.6) is 0 Å². The average Bonchev–Trinajstić information content (AvgIpc) is 3.31. The Bertz CT molecular complexity index is 883.